The molecule has 5 heteroatoms. The second kappa shape index (κ2) is 7.58. The highest BCUT2D eigenvalue weighted by Crippen LogP contribution is 2.35. The van der Waals surface area contributed by atoms with Crippen LogP contribution in [0.25, 0.3) is 0 Å². The third-order valence-corrected chi connectivity index (χ3v) is 3.10. The number of hydrogen-bond acceptors (Lipinski definition) is 4. The zero-order valence-electron chi connectivity index (χ0n) is 12.0. The van der Waals surface area contributed by atoms with Gasteiger partial charge in [0.25, 0.3) is 0 Å². The van der Waals surface area contributed by atoms with Crippen molar-refractivity contribution in [2.45, 2.75) is 26.8 Å². The van der Waals surface area contributed by atoms with Crippen LogP contribution in [0.15, 0.2) is 18.2 Å². The minimum atomic E-state index is -0.377. The Bertz CT molecular complexity index is 396. The summed E-state index contributed by atoms with van der Waals surface area (Å²) in [7, 11) is 1.61. The van der Waals surface area contributed by atoms with E-state index in [0.29, 0.717) is 18.1 Å². The van der Waals surface area contributed by atoms with E-state index in [2.05, 4.69) is 0 Å². The van der Waals surface area contributed by atoms with E-state index in [1.165, 1.54) is 0 Å². The molecule has 0 unspecified atom stereocenters. The first-order chi connectivity index (χ1) is 8.46. The average molecular weight is 290 g/mol. The van der Waals surface area contributed by atoms with Crippen LogP contribution in [0.3, 0.4) is 0 Å². The molecule has 0 saturated heterocycles. The number of hydrogen-bond donors (Lipinski definition) is 2. The number of ether oxygens (including phenoxy) is 2. The van der Waals surface area contributed by atoms with Crippen LogP contribution in [0, 0.1) is 5.41 Å². The molecule has 0 amide bonds. The Hall–Kier alpha value is -0.970. The van der Waals surface area contributed by atoms with Gasteiger partial charge in [0.2, 0.25) is 0 Å². The van der Waals surface area contributed by atoms with Crippen LogP contribution in [0.2, 0.25) is 0 Å². The van der Waals surface area contributed by atoms with Gasteiger partial charge in [-0.25, -0.2) is 0 Å². The molecule has 1 aromatic carbocycles. The van der Waals surface area contributed by atoms with Gasteiger partial charge in [0.05, 0.1) is 13.7 Å². The molecule has 4 nitrogen and oxygen atoms in total. The summed E-state index contributed by atoms with van der Waals surface area (Å²) in [6.07, 6.45) is 0. The number of aliphatic hydroxyl groups is 1. The van der Waals surface area contributed by atoms with Gasteiger partial charge in [0.15, 0.2) is 11.5 Å². The van der Waals surface area contributed by atoms with Crippen LogP contribution >= 0.6 is 12.4 Å². The molecule has 0 radical (unpaired) electrons. The molecule has 0 saturated carbocycles. The minimum absolute atomic E-state index is 0. The van der Waals surface area contributed by atoms with Gasteiger partial charge in [-0.05, 0) is 24.6 Å². The number of aliphatic hydroxyl groups excluding tert-OH is 1. The van der Waals surface area contributed by atoms with Gasteiger partial charge in [0, 0.05) is 18.1 Å². The van der Waals surface area contributed by atoms with Crippen LogP contribution in [0.1, 0.15) is 32.4 Å². The minimum Gasteiger partial charge on any atom is -0.493 e. The van der Waals surface area contributed by atoms with E-state index in [0.717, 1.165) is 5.56 Å². The average Bonchev–Trinajstić information content (AvgIpc) is 2.38. The number of nitrogens with two attached hydrogens (primary N) is 1. The van der Waals surface area contributed by atoms with Gasteiger partial charge >= 0.3 is 0 Å². The first kappa shape index (κ1) is 18.0. The molecule has 0 aromatic heterocycles. The molecule has 0 aliphatic carbocycles. The first-order valence-electron chi connectivity index (χ1n) is 6.13. The van der Waals surface area contributed by atoms with Crippen molar-refractivity contribution in [1.29, 1.82) is 0 Å². The van der Waals surface area contributed by atoms with Gasteiger partial charge in [-0.1, -0.05) is 19.9 Å². The monoisotopic (exact) mass is 289 g/mol. The number of halogens is 1. The molecular weight excluding hydrogens is 266 g/mol. The van der Waals surface area contributed by atoms with Crippen molar-refractivity contribution >= 4 is 12.4 Å². The SMILES string of the molecule is CCOc1cc([C@H](N)C(C)(C)CO)ccc1OC.Cl. The summed E-state index contributed by atoms with van der Waals surface area (Å²) in [5.41, 5.74) is 6.74. The molecular formula is C14H24ClNO3. The largest absolute Gasteiger partial charge is 0.493 e. The Balaban J connectivity index is 0.00000324. The van der Waals surface area contributed by atoms with E-state index >= 15 is 0 Å². The van der Waals surface area contributed by atoms with Crippen LogP contribution in [0.4, 0.5) is 0 Å². The fraction of sp³-hybridized carbons (Fsp3) is 0.571. The van der Waals surface area contributed by atoms with Crippen LogP contribution in [-0.2, 0) is 0 Å². The predicted octanol–water partition coefficient (Wildman–Crippen LogP) is 2.53. The van der Waals surface area contributed by atoms with Crippen molar-refractivity contribution in [2.75, 3.05) is 20.3 Å². The summed E-state index contributed by atoms with van der Waals surface area (Å²) in [4.78, 5) is 0. The Morgan fingerprint density at radius 3 is 2.42 bits per heavy atom. The van der Waals surface area contributed by atoms with E-state index in [4.69, 9.17) is 15.2 Å². The highest BCUT2D eigenvalue weighted by molar-refractivity contribution is 5.85. The lowest BCUT2D eigenvalue weighted by Crippen LogP contribution is -2.32. The molecule has 19 heavy (non-hydrogen) atoms. The normalized spacial score (nSPS) is 12.5. The second-order valence-corrected chi connectivity index (χ2v) is 4.97. The molecule has 0 aliphatic rings. The molecule has 0 bridgehead atoms. The maximum atomic E-state index is 9.36. The first-order valence-corrected chi connectivity index (χ1v) is 6.13. The second-order valence-electron chi connectivity index (χ2n) is 4.97. The lowest BCUT2D eigenvalue weighted by atomic mass is 9.82. The summed E-state index contributed by atoms with van der Waals surface area (Å²) in [5.74, 6) is 1.37. The third kappa shape index (κ3) is 4.27. The summed E-state index contributed by atoms with van der Waals surface area (Å²) >= 11 is 0. The van der Waals surface area contributed by atoms with E-state index in [-0.39, 0.29) is 30.5 Å². The summed E-state index contributed by atoms with van der Waals surface area (Å²) in [6.45, 7) is 6.39. The van der Waals surface area contributed by atoms with Crippen LogP contribution in [-0.4, -0.2) is 25.4 Å². The third-order valence-electron chi connectivity index (χ3n) is 3.10. The van der Waals surface area contributed by atoms with E-state index < -0.39 is 0 Å². The lowest BCUT2D eigenvalue weighted by molar-refractivity contribution is 0.132. The Labute approximate surface area is 121 Å². The Morgan fingerprint density at radius 1 is 1.32 bits per heavy atom. The van der Waals surface area contributed by atoms with E-state index in [9.17, 15) is 5.11 Å². The van der Waals surface area contributed by atoms with Gasteiger partial charge in [-0.3, -0.25) is 0 Å². The van der Waals surface area contributed by atoms with Crippen LogP contribution in [0.5, 0.6) is 11.5 Å². The topological polar surface area (TPSA) is 64.7 Å². The quantitative estimate of drug-likeness (QED) is 0.845. The van der Waals surface area contributed by atoms with Crippen LogP contribution < -0.4 is 15.2 Å². The van der Waals surface area contributed by atoms with E-state index in [1.807, 2.05) is 39.0 Å². The van der Waals surface area contributed by atoms with Gasteiger partial charge in [-0.15, -0.1) is 12.4 Å². The van der Waals surface area contributed by atoms with Crippen molar-refractivity contribution in [2.24, 2.45) is 11.1 Å². The molecule has 0 spiro atoms. The molecule has 1 atom stereocenters. The van der Waals surface area contributed by atoms with Gasteiger partial charge in [-0.2, -0.15) is 0 Å². The Kier molecular flexibility index (Phi) is 7.19. The molecule has 0 fully saturated rings. The Morgan fingerprint density at radius 2 is 1.95 bits per heavy atom. The highest BCUT2D eigenvalue weighted by atomic mass is 35.5. The number of benzene rings is 1. The van der Waals surface area contributed by atoms with E-state index in [1.54, 1.807) is 7.11 Å². The summed E-state index contributed by atoms with van der Waals surface area (Å²) in [6, 6.07) is 5.37. The number of methoxy groups -OCH3 is 1. The molecule has 0 heterocycles. The molecule has 1 rings (SSSR count). The standard InChI is InChI=1S/C14H23NO3.ClH/c1-5-18-12-8-10(6-7-11(12)17-4)13(15)14(2,3)9-16;/h6-8,13,16H,5,9,15H2,1-4H3;1H/t13-;/m0./s1. The van der Waals surface area contributed by atoms with Crippen molar-refractivity contribution in [3.05, 3.63) is 23.8 Å². The number of rotatable bonds is 6. The highest BCUT2D eigenvalue weighted by Gasteiger charge is 2.27. The molecule has 110 valence electrons. The van der Waals surface area contributed by atoms with Crippen molar-refractivity contribution < 1.29 is 14.6 Å². The summed E-state index contributed by atoms with van der Waals surface area (Å²) < 4.78 is 10.8. The van der Waals surface area contributed by atoms with Gasteiger partial charge < -0.3 is 20.3 Å². The van der Waals surface area contributed by atoms with Crippen molar-refractivity contribution in [3.63, 3.8) is 0 Å². The smallest absolute Gasteiger partial charge is 0.161 e. The van der Waals surface area contributed by atoms with Gasteiger partial charge in [0.1, 0.15) is 0 Å². The fourth-order valence-corrected chi connectivity index (χ4v) is 1.70. The lowest BCUT2D eigenvalue weighted by Gasteiger charge is -2.30. The predicted molar refractivity (Wildman–Crippen MR) is 79.2 cm³/mol. The maximum absolute atomic E-state index is 9.36. The van der Waals surface area contributed by atoms with Crippen molar-refractivity contribution in [3.8, 4) is 11.5 Å². The summed E-state index contributed by atoms with van der Waals surface area (Å²) in [5, 5.41) is 9.36. The molecule has 1 aromatic rings. The fourth-order valence-electron chi connectivity index (χ4n) is 1.70. The zero-order chi connectivity index (χ0) is 13.8. The molecule has 3 N–H and O–H groups in total. The maximum Gasteiger partial charge on any atom is 0.161 e. The zero-order valence-corrected chi connectivity index (χ0v) is 12.8. The van der Waals surface area contributed by atoms with Crippen molar-refractivity contribution in [1.82, 2.24) is 0 Å². The molecule has 0 aliphatic heterocycles.